The highest BCUT2D eigenvalue weighted by Gasteiger charge is 2.04. The van der Waals surface area contributed by atoms with Gasteiger partial charge in [0.15, 0.2) is 0 Å². The number of thiophene rings is 1. The van der Waals surface area contributed by atoms with E-state index < -0.39 is 5.97 Å². The fraction of sp³-hybridized carbons (Fsp3) is 0. The van der Waals surface area contributed by atoms with Crippen LogP contribution in [-0.2, 0) is 4.84 Å². The lowest BCUT2D eigenvalue weighted by Crippen LogP contribution is -2.00. The molecule has 0 N–H and O–H groups in total. The van der Waals surface area contributed by atoms with E-state index in [-0.39, 0.29) is 0 Å². The van der Waals surface area contributed by atoms with Gasteiger partial charge < -0.3 is 4.84 Å². The fourth-order valence-electron chi connectivity index (χ4n) is 1.12. The number of nitrogens with zero attached hydrogens (tertiary/aromatic N) is 1. The van der Waals surface area contributed by atoms with Crippen LogP contribution in [0.1, 0.15) is 15.2 Å². The number of rotatable bonds is 3. The maximum Gasteiger partial charge on any atom is 0.365 e. The van der Waals surface area contributed by atoms with Crippen LogP contribution in [0.15, 0.2) is 53.0 Å². The van der Waals surface area contributed by atoms with Gasteiger partial charge in [-0.2, -0.15) is 0 Å². The standard InChI is InChI=1S/C12H9NO2S/c14-12(10-5-2-1-3-6-10)15-13-9-11-7-4-8-16-11/h1-9H. The summed E-state index contributed by atoms with van der Waals surface area (Å²) in [7, 11) is 0. The highest BCUT2D eigenvalue weighted by molar-refractivity contribution is 7.11. The monoisotopic (exact) mass is 231 g/mol. The molecule has 1 aromatic heterocycles. The van der Waals surface area contributed by atoms with Crippen molar-refractivity contribution < 1.29 is 9.63 Å². The predicted molar refractivity (Wildman–Crippen MR) is 63.8 cm³/mol. The molecule has 80 valence electrons. The molecule has 1 aromatic carbocycles. The van der Waals surface area contributed by atoms with Crippen molar-refractivity contribution in [3.05, 3.63) is 58.3 Å². The number of carbonyl (C=O) groups excluding carboxylic acids is 1. The van der Waals surface area contributed by atoms with Crippen molar-refractivity contribution in [2.24, 2.45) is 5.16 Å². The van der Waals surface area contributed by atoms with E-state index in [9.17, 15) is 4.79 Å². The Morgan fingerprint density at radius 1 is 1.19 bits per heavy atom. The molecule has 0 amide bonds. The van der Waals surface area contributed by atoms with Crippen LogP contribution in [0.5, 0.6) is 0 Å². The third-order valence-corrected chi connectivity index (χ3v) is 2.68. The van der Waals surface area contributed by atoms with E-state index in [0.29, 0.717) is 5.56 Å². The predicted octanol–water partition coefficient (Wildman–Crippen LogP) is 2.94. The Morgan fingerprint density at radius 3 is 2.69 bits per heavy atom. The van der Waals surface area contributed by atoms with Gasteiger partial charge in [-0.3, -0.25) is 0 Å². The van der Waals surface area contributed by atoms with Crippen LogP contribution in [0.2, 0.25) is 0 Å². The van der Waals surface area contributed by atoms with E-state index in [0.717, 1.165) is 4.88 Å². The summed E-state index contributed by atoms with van der Waals surface area (Å²) in [5.41, 5.74) is 0.492. The van der Waals surface area contributed by atoms with Crippen molar-refractivity contribution in [2.75, 3.05) is 0 Å². The second-order valence-corrected chi connectivity index (χ2v) is 3.97. The zero-order valence-electron chi connectivity index (χ0n) is 8.37. The Labute approximate surface area is 97.0 Å². The second-order valence-electron chi connectivity index (χ2n) is 2.99. The Hall–Kier alpha value is -1.94. The molecular weight excluding hydrogens is 222 g/mol. The van der Waals surface area contributed by atoms with E-state index in [1.165, 1.54) is 17.6 Å². The first-order chi connectivity index (χ1) is 7.86. The van der Waals surface area contributed by atoms with Gasteiger partial charge in [0.05, 0.1) is 11.8 Å². The fourth-order valence-corrected chi connectivity index (χ4v) is 1.69. The minimum Gasteiger partial charge on any atom is -0.313 e. The largest absolute Gasteiger partial charge is 0.365 e. The molecule has 3 nitrogen and oxygen atoms in total. The van der Waals surface area contributed by atoms with Crippen molar-refractivity contribution in [3.63, 3.8) is 0 Å². The summed E-state index contributed by atoms with van der Waals surface area (Å²) >= 11 is 1.53. The molecule has 0 radical (unpaired) electrons. The molecule has 0 unspecified atom stereocenters. The van der Waals surface area contributed by atoms with Crippen molar-refractivity contribution in [2.45, 2.75) is 0 Å². The molecule has 0 aliphatic carbocycles. The maximum absolute atomic E-state index is 11.4. The van der Waals surface area contributed by atoms with Crippen LogP contribution < -0.4 is 0 Å². The zero-order valence-corrected chi connectivity index (χ0v) is 9.18. The molecule has 0 saturated heterocycles. The summed E-state index contributed by atoms with van der Waals surface area (Å²) < 4.78 is 0. The van der Waals surface area contributed by atoms with E-state index in [2.05, 4.69) is 5.16 Å². The molecule has 1 heterocycles. The van der Waals surface area contributed by atoms with E-state index in [1.54, 1.807) is 24.3 Å². The lowest BCUT2D eigenvalue weighted by Gasteiger charge is -1.95. The number of carbonyl (C=O) groups is 1. The van der Waals surface area contributed by atoms with Crippen LogP contribution in [0.3, 0.4) is 0 Å². The third-order valence-electron chi connectivity index (χ3n) is 1.87. The number of benzene rings is 1. The van der Waals surface area contributed by atoms with Gasteiger partial charge in [0.2, 0.25) is 0 Å². The first-order valence-electron chi connectivity index (χ1n) is 4.69. The zero-order chi connectivity index (χ0) is 11.2. The minimum absolute atomic E-state index is 0.451. The summed E-state index contributed by atoms with van der Waals surface area (Å²) in [4.78, 5) is 17.1. The molecule has 2 rings (SSSR count). The first kappa shape index (κ1) is 10.6. The lowest BCUT2D eigenvalue weighted by molar-refractivity contribution is 0.0519. The summed E-state index contributed by atoms with van der Waals surface area (Å²) in [6, 6.07) is 12.6. The van der Waals surface area contributed by atoms with Gasteiger partial charge in [0, 0.05) is 4.88 Å². The van der Waals surface area contributed by atoms with E-state index in [1.807, 2.05) is 23.6 Å². The summed E-state index contributed by atoms with van der Waals surface area (Å²) in [6.07, 6.45) is 1.52. The molecule has 0 atom stereocenters. The summed E-state index contributed by atoms with van der Waals surface area (Å²) in [5.74, 6) is -0.451. The molecule has 0 aliphatic rings. The minimum atomic E-state index is -0.451. The smallest absolute Gasteiger partial charge is 0.313 e. The average Bonchev–Trinajstić information content (AvgIpc) is 2.83. The molecule has 16 heavy (non-hydrogen) atoms. The summed E-state index contributed by atoms with van der Waals surface area (Å²) in [6.45, 7) is 0. The summed E-state index contributed by atoms with van der Waals surface area (Å²) in [5, 5.41) is 5.56. The van der Waals surface area contributed by atoms with Gasteiger partial charge in [-0.1, -0.05) is 29.4 Å². The molecular formula is C12H9NO2S. The van der Waals surface area contributed by atoms with Crippen LogP contribution in [0.4, 0.5) is 0 Å². The highest BCUT2D eigenvalue weighted by Crippen LogP contribution is 2.05. The molecule has 0 spiro atoms. The van der Waals surface area contributed by atoms with Crippen molar-refractivity contribution in [3.8, 4) is 0 Å². The van der Waals surface area contributed by atoms with Gasteiger partial charge in [-0.05, 0) is 23.6 Å². The molecule has 4 heteroatoms. The van der Waals surface area contributed by atoms with Crippen LogP contribution in [0, 0.1) is 0 Å². The van der Waals surface area contributed by atoms with Gasteiger partial charge >= 0.3 is 5.97 Å². The van der Waals surface area contributed by atoms with Crippen molar-refractivity contribution >= 4 is 23.5 Å². The quantitative estimate of drug-likeness (QED) is 0.463. The number of hydrogen-bond donors (Lipinski definition) is 0. The average molecular weight is 231 g/mol. The van der Waals surface area contributed by atoms with Crippen molar-refractivity contribution in [1.29, 1.82) is 0 Å². The van der Waals surface area contributed by atoms with Gasteiger partial charge in [0.1, 0.15) is 0 Å². The Morgan fingerprint density at radius 2 is 2.00 bits per heavy atom. The number of oxime groups is 1. The topological polar surface area (TPSA) is 38.7 Å². The Balaban J connectivity index is 1.94. The lowest BCUT2D eigenvalue weighted by atomic mass is 10.2. The van der Waals surface area contributed by atoms with Gasteiger partial charge in [0.25, 0.3) is 0 Å². The molecule has 0 saturated carbocycles. The SMILES string of the molecule is O=C(ON=Cc1cccs1)c1ccccc1. The van der Waals surface area contributed by atoms with Gasteiger partial charge in [-0.25, -0.2) is 4.79 Å². The molecule has 2 aromatic rings. The normalized spacial score (nSPS) is 10.5. The van der Waals surface area contributed by atoms with Crippen LogP contribution in [-0.4, -0.2) is 12.2 Å². The van der Waals surface area contributed by atoms with E-state index in [4.69, 9.17) is 4.84 Å². The highest BCUT2D eigenvalue weighted by atomic mass is 32.1. The van der Waals surface area contributed by atoms with E-state index >= 15 is 0 Å². The Bertz CT molecular complexity index is 477. The molecule has 0 aliphatic heterocycles. The maximum atomic E-state index is 11.4. The van der Waals surface area contributed by atoms with Crippen LogP contribution >= 0.6 is 11.3 Å². The second kappa shape index (κ2) is 5.23. The molecule has 0 fully saturated rings. The van der Waals surface area contributed by atoms with Gasteiger partial charge in [-0.15, -0.1) is 11.3 Å². The van der Waals surface area contributed by atoms with Crippen LogP contribution in [0.25, 0.3) is 0 Å². The Kier molecular flexibility index (Phi) is 3.46. The first-order valence-corrected chi connectivity index (χ1v) is 5.57. The third kappa shape index (κ3) is 2.77. The number of hydrogen-bond acceptors (Lipinski definition) is 4. The van der Waals surface area contributed by atoms with Crippen molar-refractivity contribution in [1.82, 2.24) is 0 Å². The molecule has 0 bridgehead atoms.